The second-order valence-corrected chi connectivity index (χ2v) is 6.48. The summed E-state index contributed by atoms with van der Waals surface area (Å²) in [7, 11) is 2.16. The summed E-state index contributed by atoms with van der Waals surface area (Å²) in [6.07, 6.45) is 2.20. The molecule has 4 rings (SSSR count). The summed E-state index contributed by atoms with van der Waals surface area (Å²) in [6.45, 7) is 5.02. The van der Waals surface area contributed by atoms with Crippen LogP contribution < -0.4 is 0 Å². The van der Waals surface area contributed by atoms with E-state index < -0.39 is 0 Å². The molecule has 0 N–H and O–H groups in total. The summed E-state index contributed by atoms with van der Waals surface area (Å²) < 4.78 is 7.42. The zero-order valence-electron chi connectivity index (χ0n) is 13.7. The Morgan fingerprint density at radius 1 is 1.22 bits per heavy atom. The molecule has 1 fully saturated rings. The number of piperidine rings is 1. The molecule has 5 nitrogen and oxygen atoms in total. The van der Waals surface area contributed by atoms with Crippen molar-refractivity contribution >= 4 is 10.9 Å². The van der Waals surface area contributed by atoms with Crippen LogP contribution in [0.15, 0.2) is 34.9 Å². The van der Waals surface area contributed by atoms with Gasteiger partial charge < -0.3 is 9.09 Å². The molecule has 3 heterocycles. The summed E-state index contributed by atoms with van der Waals surface area (Å²) in [5, 5.41) is 5.40. The predicted molar refractivity (Wildman–Crippen MR) is 89.2 cm³/mol. The molecule has 0 atom stereocenters. The molecule has 0 aliphatic carbocycles. The number of fused-ring (bicyclic) bond motifs is 1. The standard InChI is InChI=1S/C18H22N4O/c1-13-19-18(20-23-13)14-7-9-22(10-8-14)12-16-11-15-5-3-4-6-17(15)21(16)2/h3-6,11,14H,7-10,12H2,1-2H3. The maximum Gasteiger partial charge on any atom is 0.223 e. The van der Waals surface area contributed by atoms with Crippen molar-refractivity contribution < 1.29 is 4.52 Å². The number of likely N-dealkylation sites (tertiary alicyclic amines) is 1. The summed E-state index contributed by atoms with van der Waals surface area (Å²) in [6, 6.07) is 10.9. The van der Waals surface area contributed by atoms with Crippen molar-refractivity contribution in [3.63, 3.8) is 0 Å². The number of hydrogen-bond donors (Lipinski definition) is 0. The van der Waals surface area contributed by atoms with E-state index in [1.807, 2.05) is 6.92 Å². The van der Waals surface area contributed by atoms with Crippen molar-refractivity contribution in [1.82, 2.24) is 19.6 Å². The SMILES string of the molecule is Cc1nc(C2CCN(Cc3cc4ccccc4n3C)CC2)no1. The van der Waals surface area contributed by atoms with Crippen LogP contribution in [-0.2, 0) is 13.6 Å². The van der Waals surface area contributed by atoms with Gasteiger partial charge in [-0.1, -0.05) is 23.4 Å². The van der Waals surface area contributed by atoms with E-state index in [1.54, 1.807) is 0 Å². The van der Waals surface area contributed by atoms with Crippen molar-refractivity contribution in [2.24, 2.45) is 7.05 Å². The normalized spacial score (nSPS) is 17.1. The monoisotopic (exact) mass is 310 g/mol. The Morgan fingerprint density at radius 3 is 2.70 bits per heavy atom. The van der Waals surface area contributed by atoms with Crippen molar-refractivity contribution in [3.8, 4) is 0 Å². The number of aromatic nitrogens is 3. The van der Waals surface area contributed by atoms with Crippen LogP contribution in [0.5, 0.6) is 0 Å². The van der Waals surface area contributed by atoms with Gasteiger partial charge in [0.1, 0.15) is 0 Å². The predicted octanol–water partition coefficient (Wildman–Crippen LogP) is 3.25. The highest BCUT2D eigenvalue weighted by Crippen LogP contribution is 2.27. The largest absolute Gasteiger partial charge is 0.346 e. The number of para-hydroxylation sites is 1. The summed E-state index contributed by atoms with van der Waals surface area (Å²) in [4.78, 5) is 6.91. The summed E-state index contributed by atoms with van der Waals surface area (Å²) in [5.74, 6) is 1.99. The Kier molecular flexibility index (Phi) is 3.65. The maximum absolute atomic E-state index is 5.11. The number of hydrogen-bond acceptors (Lipinski definition) is 4. The molecular formula is C18H22N4O. The average molecular weight is 310 g/mol. The molecule has 0 saturated carbocycles. The lowest BCUT2D eigenvalue weighted by Gasteiger charge is -2.30. The number of nitrogens with zero attached hydrogens (tertiary/aromatic N) is 4. The first kappa shape index (κ1) is 14.5. The molecule has 0 spiro atoms. The molecule has 0 unspecified atom stereocenters. The smallest absolute Gasteiger partial charge is 0.223 e. The fourth-order valence-electron chi connectivity index (χ4n) is 3.56. The van der Waals surface area contributed by atoms with Crippen LogP contribution >= 0.6 is 0 Å². The molecule has 1 aromatic carbocycles. The van der Waals surface area contributed by atoms with Gasteiger partial charge in [-0.25, -0.2) is 0 Å². The Labute approximate surface area is 135 Å². The van der Waals surface area contributed by atoms with Crippen molar-refractivity contribution in [2.75, 3.05) is 13.1 Å². The molecule has 120 valence electrons. The fourth-order valence-corrected chi connectivity index (χ4v) is 3.56. The van der Waals surface area contributed by atoms with Gasteiger partial charge in [-0.2, -0.15) is 4.98 Å². The minimum Gasteiger partial charge on any atom is -0.346 e. The van der Waals surface area contributed by atoms with Crippen LogP contribution in [0, 0.1) is 6.92 Å². The second-order valence-electron chi connectivity index (χ2n) is 6.48. The number of rotatable bonds is 3. The van der Waals surface area contributed by atoms with Crippen molar-refractivity contribution in [1.29, 1.82) is 0 Å². The highest BCUT2D eigenvalue weighted by molar-refractivity contribution is 5.81. The summed E-state index contributed by atoms with van der Waals surface area (Å²) >= 11 is 0. The van der Waals surface area contributed by atoms with E-state index in [1.165, 1.54) is 16.6 Å². The minimum absolute atomic E-state index is 0.441. The van der Waals surface area contributed by atoms with Gasteiger partial charge in [0.05, 0.1) is 0 Å². The molecule has 0 amide bonds. The average Bonchev–Trinajstić information content (AvgIpc) is 3.13. The zero-order chi connectivity index (χ0) is 15.8. The van der Waals surface area contributed by atoms with E-state index in [0.29, 0.717) is 11.8 Å². The van der Waals surface area contributed by atoms with E-state index in [4.69, 9.17) is 4.52 Å². The van der Waals surface area contributed by atoms with Crippen LogP contribution in [0.2, 0.25) is 0 Å². The van der Waals surface area contributed by atoms with Crippen LogP contribution in [0.4, 0.5) is 0 Å². The molecule has 1 saturated heterocycles. The Bertz CT molecular complexity index is 811. The topological polar surface area (TPSA) is 47.1 Å². The zero-order valence-corrected chi connectivity index (χ0v) is 13.7. The fraction of sp³-hybridized carbons (Fsp3) is 0.444. The van der Waals surface area contributed by atoms with Gasteiger partial charge >= 0.3 is 0 Å². The molecule has 2 aromatic heterocycles. The van der Waals surface area contributed by atoms with Crippen molar-refractivity contribution in [2.45, 2.75) is 32.2 Å². The van der Waals surface area contributed by atoms with Gasteiger partial charge in [0.15, 0.2) is 5.82 Å². The van der Waals surface area contributed by atoms with Gasteiger partial charge in [-0.05, 0) is 43.5 Å². The molecule has 5 heteroatoms. The third-order valence-corrected chi connectivity index (χ3v) is 4.93. The van der Waals surface area contributed by atoms with Crippen LogP contribution in [-0.4, -0.2) is 32.7 Å². The van der Waals surface area contributed by atoms with Gasteiger partial charge in [0, 0.05) is 37.6 Å². The Balaban J connectivity index is 1.43. The molecule has 0 bridgehead atoms. The molecular weight excluding hydrogens is 288 g/mol. The Hall–Kier alpha value is -2.14. The minimum atomic E-state index is 0.441. The highest BCUT2D eigenvalue weighted by Gasteiger charge is 2.24. The van der Waals surface area contributed by atoms with E-state index in [9.17, 15) is 0 Å². The first-order valence-corrected chi connectivity index (χ1v) is 8.26. The van der Waals surface area contributed by atoms with Gasteiger partial charge in [0.25, 0.3) is 0 Å². The quantitative estimate of drug-likeness (QED) is 0.745. The number of benzene rings is 1. The lowest BCUT2D eigenvalue weighted by Crippen LogP contribution is -2.33. The van der Waals surface area contributed by atoms with E-state index >= 15 is 0 Å². The van der Waals surface area contributed by atoms with Gasteiger partial charge in [0.2, 0.25) is 5.89 Å². The van der Waals surface area contributed by atoms with E-state index in [2.05, 4.69) is 57.0 Å². The van der Waals surface area contributed by atoms with E-state index in [0.717, 1.165) is 38.3 Å². The van der Waals surface area contributed by atoms with Crippen molar-refractivity contribution in [3.05, 3.63) is 47.7 Å². The lowest BCUT2D eigenvalue weighted by atomic mass is 9.96. The van der Waals surface area contributed by atoms with Crippen LogP contribution in [0.1, 0.15) is 36.2 Å². The highest BCUT2D eigenvalue weighted by atomic mass is 16.5. The maximum atomic E-state index is 5.11. The molecule has 3 aromatic rings. The summed E-state index contributed by atoms with van der Waals surface area (Å²) in [5.41, 5.74) is 2.68. The molecule has 1 aliphatic heterocycles. The lowest BCUT2D eigenvalue weighted by molar-refractivity contribution is 0.197. The first-order valence-electron chi connectivity index (χ1n) is 8.26. The Morgan fingerprint density at radius 2 is 2.00 bits per heavy atom. The molecule has 1 aliphatic rings. The third-order valence-electron chi connectivity index (χ3n) is 4.93. The van der Waals surface area contributed by atoms with Gasteiger partial charge in [-0.15, -0.1) is 0 Å². The van der Waals surface area contributed by atoms with Crippen LogP contribution in [0.3, 0.4) is 0 Å². The second kappa shape index (κ2) is 5.81. The molecule has 23 heavy (non-hydrogen) atoms. The van der Waals surface area contributed by atoms with Crippen LogP contribution in [0.25, 0.3) is 10.9 Å². The first-order chi connectivity index (χ1) is 11.2. The molecule has 0 radical (unpaired) electrons. The van der Waals surface area contributed by atoms with Gasteiger partial charge in [-0.3, -0.25) is 4.90 Å². The number of aryl methyl sites for hydroxylation is 2. The third kappa shape index (κ3) is 2.77. The van der Waals surface area contributed by atoms with E-state index in [-0.39, 0.29) is 0 Å².